The summed E-state index contributed by atoms with van der Waals surface area (Å²) in [6.07, 6.45) is 7.12. The van der Waals surface area contributed by atoms with Gasteiger partial charge in [0.15, 0.2) is 5.11 Å². The van der Waals surface area contributed by atoms with E-state index in [4.69, 9.17) is 12.2 Å². The lowest BCUT2D eigenvalue weighted by molar-refractivity contribution is 0.390. The molecule has 0 amide bonds. The van der Waals surface area contributed by atoms with Crippen LogP contribution in [0.15, 0.2) is 37.1 Å². The standard InChI is InChI=1S/C17H19N7S/c1-12-9-19-15-14(12)16(21-11-20-15)23-5-7-24(8-6-23)17(25)22-13-3-2-4-18-10-13/h2-4,9-11H,5-8H2,1H3,(H,22,25)(H,19,20,21). The number of hydrogen-bond donors (Lipinski definition) is 2. The van der Waals surface area contributed by atoms with Crippen LogP contribution in [0.5, 0.6) is 0 Å². The summed E-state index contributed by atoms with van der Waals surface area (Å²) in [4.78, 5) is 20.6. The molecule has 1 aliphatic rings. The number of aromatic amines is 1. The van der Waals surface area contributed by atoms with Crippen LogP contribution in [0.2, 0.25) is 0 Å². The summed E-state index contributed by atoms with van der Waals surface area (Å²) >= 11 is 5.53. The fourth-order valence-electron chi connectivity index (χ4n) is 3.10. The Balaban J connectivity index is 1.44. The van der Waals surface area contributed by atoms with Crippen LogP contribution in [-0.2, 0) is 0 Å². The van der Waals surface area contributed by atoms with E-state index in [9.17, 15) is 0 Å². The molecule has 0 aromatic carbocycles. The molecule has 0 aliphatic carbocycles. The lowest BCUT2D eigenvalue weighted by atomic mass is 10.2. The maximum Gasteiger partial charge on any atom is 0.173 e. The number of nitrogens with one attached hydrogen (secondary N) is 2. The molecule has 1 fully saturated rings. The lowest BCUT2D eigenvalue weighted by Gasteiger charge is -2.37. The number of fused-ring (bicyclic) bond motifs is 1. The number of aromatic nitrogens is 4. The van der Waals surface area contributed by atoms with Crippen molar-refractivity contribution >= 4 is 39.9 Å². The van der Waals surface area contributed by atoms with Gasteiger partial charge in [0, 0.05) is 38.6 Å². The molecular weight excluding hydrogens is 334 g/mol. The number of aryl methyl sites for hydroxylation is 1. The number of piperazine rings is 1. The molecule has 0 spiro atoms. The van der Waals surface area contributed by atoms with Crippen molar-refractivity contribution in [2.75, 3.05) is 36.4 Å². The van der Waals surface area contributed by atoms with Crippen molar-refractivity contribution in [2.24, 2.45) is 0 Å². The Morgan fingerprint density at radius 2 is 2.08 bits per heavy atom. The first-order chi connectivity index (χ1) is 12.2. The first kappa shape index (κ1) is 15.8. The number of pyridine rings is 1. The van der Waals surface area contributed by atoms with Crippen molar-refractivity contribution in [2.45, 2.75) is 6.92 Å². The van der Waals surface area contributed by atoms with Gasteiger partial charge in [0.25, 0.3) is 0 Å². The second-order valence-electron chi connectivity index (χ2n) is 6.04. The third-order valence-corrected chi connectivity index (χ3v) is 4.79. The number of hydrogen-bond acceptors (Lipinski definition) is 5. The second kappa shape index (κ2) is 6.64. The summed E-state index contributed by atoms with van der Waals surface area (Å²) in [5.41, 5.74) is 2.97. The highest BCUT2D eigenvalue weighted by Gasteiger charge is 2.22. The molecule has 4 heterocycles. The molecule has 2 N–H and O–H groups in total. The zero-order chi connectivity index (χ0) is 17.2. The van der Waals surface area contributed by atoms with Crippen LogP contribution < -0.4 is 10.2 Å². The lowest BCUT2D eigenvalue weighted by Crippen LogP contribution is -2.50. The summed E-state index contributed by atoms with van der Waals surface area (Å²) in [7, 11) is 0. The summed E-state index contributed by atoms with van der Waals surface area (Å²) in [6.45, 7) is 5.51. The zero-order valence-corrected chi connectivity index (χ0v) is 14.8. The maximum absolute atomic E-state index is 5.53. The molecule has 0 unspecified atom stereocenters. The van der Waals surface area contributed by atoms with Gasteiger partial charge in [0.05, 0.1) is 17.3 Å². The fraction of sp³-hybridized carbons (Fsp3) is 0.294. The van der Waals surface area contributed by atoms with Crippen LogP contribution >= 0.6 is 12.2 Å². The molecule has 3 aromatic heterocycles. The largest absolute Gasteiger partial charge is 0.352 e. The van der Waals surface area contributed by atoms with E-state index in [1.165, 1.54) is 5.56 Å². The van der Waals surface area contributed by atoms with Crippen LogP contribution in [0, 0.1) is 6.92 Å². The van der Waals surface area contributed by atoms with Crippen LogP contribution in [0.25, 0.3) is 11.0 Å². The summed E-state index contributed by atoms with van der Waals surface area (Å²) in [5, 5.41) is 5.08. The van der Waals surface area contributed by atoms with E-state index in [2.05, 4.69) is 42.0 Å². The number of thiocarbonyl (C=S) groups is 1. The Hall–Kier alpha value is -2.74. The monoisotopic (exact) mass is 353 g/mol. The molecular formula is C17H19N7S. The minimum Gasteiger partial charge on any atom is -0.352 e. The van der Waals surface area contributed by atoms with Gasteiger partial charge in [0.1, 0.15) is 17.8 Å². The van der Waals surface area contributed by atoms with Gasteiger partial charge in [-0.2, -0.15) is 0 Å². The van der Waals surface area contributed by atoms with E-state index < -0.39 is 0 Å². The Bertz CT molecular complexity index is 884. The average Bonchev–Trinajstić information content (AvgIpc) is 3.04. The summed E-state index contributed by atoms with van der Waals surface area (Å²) < 4.78 is 0. The highest BCUT2D eigenvalue weighted by Crippen LogP contribution is 2.26. The second-order valence-corrected chi connectivity index (χ2v) is 6.43. The molecule has 3 aromatic rings. The Kier molecular flexibility index (Phi) is 4.19. The molecule has 1 saturated heterocycles. The Morgan fingerprint density at radius 1 is 1.24 bits per heavy atom. The first-order valence-electron chi connectivity index (χ1n) is 8.22. The van der Waals surface area contributed by atoms with E-state index in [-0.39, 0.29) is 0 Å². The van der Waals surface area contributed by atoms with Crippen molar-refractivity contribution in [3.8, 4) is 0 Å². The molecule has 4 rings (SSSR count). The minimum absolute atomic E-state index is 0.735. The van der Waals surface area contributed by atoms with Gasteiger partial charge in [-0.05, 0) is 36.8 Å². The molecule has 0 saturated carbocycles. The SMILES string of the molecule is Cc1c[nH]c2ncnc(N3CCN(C(=S)Nc4cccnc4)CC3)c12. The zero-order valence-electron chi connectivity index (χ0n) is 13.9. The molecule has 0 bridgehead atoms. The highest BCUT2D eigenvalue weighted by molar-refractivity contribution is 7.80. The molecule has 128 valence electrons. The average molecular weight is 353 g/mol. The predicted octanol–water partition coefficient (Wildman–Crippen LogP) is 2.18. The van der Waals surface area contributed by atoms with Crippen molar-refractivity contribution in [3.05, 3.63) is 42.6 Å². The van der Waals surface area contributed by atoms with Crippen LogP contribution in [-0.4, -0.2) is 56.1 Å². The normalized spacial score (nSPS) is 14.8. The van der Waals surface area contributed by atoms with Gasteiger partial charge >= 0.3 is 0 Å². The number of H-pyrrole nitrogens is 1. The van der Waals surface area contributed by atoms with Crippen molar-refractivity contribution < 1.29 is 0 Å². The fourth-order valence-corrected chi connectivity index (χ4v) is 3.40. The molecule has 8 heteroatoms. The van der Waals surface area contributed by atoms with Crippen LogP contribution in [0.4, 0.5) is 11.5 Å². The van der Waals surface area contributed by atoms with Crippen LogP contribution in [0.3, 0.4) is 0 Å². The van der Waals surface area contributed by atoms with Crippen LogP contribution in [0.1, 0.15) is 5.56 Å². The smallest absolute Gasteiger partial charge is 0.173 e. The maximum atomic E-state index is 5.53. The first-order valence-corrected chi connectivity index (χ1v) is 8.63. The summed E-state index contributed by atoms with van der Waals surface area (Å²) in [5.74, 6) is 0.995. The molecule has 1 aliphatic heterocycles. The van der Waals surface area contributed by atoms with Gasteiger partial charge < -0.3 is 20.1 Å². The predicted molar refractivity (Wildman–Crippen MR) is 103 cm³/mol. The minimum atomic E-state index is 0.735. The number of nitrogens with zero attached hydrogens (tertiary/aromatic N) is 5. The van der Waals surface area contributed by atoms with Gasteiger partial charge in [-0.1, -0.05) is 0 Å². The highest BCUT2D eigenvalue weighted by atomic mass is 32.1. The van der Waals surface area contributed by atoms with Gasteiger partial charge in [-0.3, -0.25) is 4.98 Å². The third-order valence-electron chi connectivity index (χ3n) is 4.43. The van der Waals surface area contributed by atoms with Crippen molar-refractivity contribution in [1.82, 2.24) is 24.8 Å². The topological polar surface area (TPSA) is 73.0 Å². The van der Waals surface area contributed by atoms with Crippen molar-refractivity contribution in [3.63, 3.8) is 0 Å². The van der Waals surface area contributed by atoms with E-state index in [1.54, 1.807) is 18.7 Å². The Labute approximate surface area is 151 Å². The molecule has 7 nitrogen and oxygen atoms in total. The molecule has 0 radical (unpaired) electrons. The van der Waals surface area contributed by atoms with Gasteiger partial charge in [-0.25, -0.2) is 9.97 Å². The van der Waals surface area contributed by atoms with E-state index in [0.29, 0.717) is 0 Å². The van der Waals surface area contributed by atoms with E-state index in [1.807, 2.05) is 18.3 Å². The summed E-state index contributed by atoms with van der Waals surface area (Å²) in [6, 6.07) is 3.85. The van der Waals surface area contributed by atoms with E-state index in [0.717, 1.165) is 53.8 Å². The Morgan fingerprint density at radius 3 is 2.84 bits per heavy atom. The molecule has 0 atom stereocenters. The van der Waals surface area contributed by atoms with E-state index >= 15 is 0 Å². The quantitative estimate of drug-likeness (QED) is 0.684. The number of anilines is 2. The third kappa shape index (κ3) is 3.12. The molecule has 25 heavy (non-hydrogen) atoms. The van der Waals surface area contributed by atoms with Crippen molar-refractivity contribution in [1.29, 1.82) is 0 Å². The van der Waals surface area contributed by atoms with Gasteiger partial charge in [-0.15, -0.1) is 0 Å². The number of rotatable bonds is 2. The van der Waals surface area contributed by atoms with Gasteiger partial charge in [0.2, 0.25) is 0 Å².